The number of amides is 1. The van der Waals surface area contributed by atoms with Crippen LogP contribution in [-0.4, -0.2) is 36.6 Å². The quantitative estimate of drug-likeness (QED) is 0.367. The second-order valence-corrected chi connectivity index (χ2v) is 9.49. The fourth-order valence-electron chi connectivity index (χ4n) is 6.15. The Bertz CT molecular complexity index is 1270. The zero-order valence-electron chi connectivity index (χ0n) is 17.8. The van der Waals surface area contributed by atoms with Crippen LogP contribution in [0.5, 0.6) is 5.75 Å². The lowest BCUT2D eigenvalue weighted by Crippen LogP contribution is -2.60. The Morgan fingerprint density at radius 3 is 2.41 bits per heavy atom. The number of likely N-dealkylation sites (N-methyl/N-ethyl adjacent to an activating group) is 1. The maximum absolute atomic E-state index is 14.0. The lowest BCUT2D eigenvalue weighted by Gasteiger charge is -2.42. The van der Waals surface area contributed by atoms with Gasteiger partial charge in [0.15, 0.2) is 0 Å². The highest BCUT2D eigenvalue weighted by Crippen LogP contribution is 2.66. The number of hydrogen-bond acceptors (Lipinski definition) is 5. The number of carbonyl (C=O) groups is 2. The van der Waals surface area contributed by atoms with E-state index in [0.717, 1.165) is 27.3 Å². The van der Waals surface area contributed by atoms with Gasteiger partial charge in [-0.1, -0.05) is 48.5 Å². The highest BCUT2D eigenvalue weighted by molar-refractivity contribution is 7.98. The van der Waals surface area contributed by atoms with E-state index in [9.17, 15) is 9.59 Å². The maximum Gasteiger partial charge on any atom is 0.325 e. The van der Waals surface area contributed by atoms with Crippen molar-refractivity contribution in [2.45, 2.75) is 21.8 Å². The monoisotopic (exact) mass is 442 g/mol. The van der Waals surface area contributed by atoms with E-state index in [1.54, 1.807) is 11.8 Å². The number of likely N-dealkylation sites (tertiary alicyclic amines) is 1. The molecule has 3 aromatic rings. The third-order valence-electron chi connectivity index (χ3n) is 7.37. The van der Waals surface area contributed by atoms with Crippen LogP contribution in [-0.2, 0) is 20.5 Å². The molecule has 0 aromatic heterocycles. The van der Waals surface area contributed by atoms with Crippen molar-refractivity contribution in [1.82, 2.24) is 4.90 Å². The van der Waals surface area contributed by atoms with Crippen LogP contribution >= 0.6 is 11.8 Å². The van der Waals surface area contributed by atoms with E-state index in [-0.39, 0.29) is 17.8 Å². The lowest BCUT2D eigenvalue weighted by atomic mass is 9.58. The van der Waals surface area contributed by atoms with Gasteiger partial charge in [0.05, 0.1) is 0 Å². The van der Waals surface area contributed by atoms with Gasteiger partial charge < -0.3 is 10.1 Å². The molecule has 6 heteroatoms. The predicted octanol–water partition coefficient (Wildman–Crippen LogP) is 4.14. The first-order valence-corrected chi connectivity index (χ1v) is 11.9. The molecule has 3 atom stereocenters. The number of hydrogen-bond donors (Lipinski definition) is 1. The third kappa shape index (κ3) is 2.14. The van der Waals surface area contributed by atoms with E-state index < -0.39 is 11.0 Å². The lowest BCUT2D eigenvalue weighted by molar-refractivity contribution is -0.147. The van der Waals surface area contributed by atoms with Gasteiger partial charge in [0, 0.05) is 34.2 Å². The summed E-state index contributed by atoms with van der Waals surface area (Å²) in [6.45, 7) is 0.545. The van der Waals surface area contributed by atoms with Crippen LogP contribution in [0.15, 0.2) is 77.7 Å². The van der Waals surface area contributed by atoms with E-state index >= 15 is 0 Å². The van der Waals surface area contributed by atoms with E-state index in [4.69, 9.17) is 4.74 Å². The number of esters is 1. The second kappa shape index (κ2) is 6.70. The van der Waals surface area contributed by atoms with Gasteiger partial charge in [-0.3, -0.25) is 14.5 Å². The molecule has 3 heterocycles. The van der Waals surface area contributed by atoms with Crippen LogP contribution in [0.2, 0.25) is 0 Å². The minimum Gasteiger partial charge on any atom is -0.425 e. The smallest absolute Gasteiger partial charge is 0.325 e. The Kier molecular flexibility index (Phi) is 4.10. The van der Waals surface area contributed by atoms with E-state index in [1.165, 1.54) is 0 Å². The molecule has 32 heavy (non-hydrogen) atoms. The van der Waals surface area contributed by atoms with Gasteiger partial charge in [-0.15, -0.1) is 11.8 Å². The van der Waals surface area contributed by atoms with Gasteiger partial charge in [0.25, 0.3) is 5.91 Å². The molecule has 3 aliphatic rings. The summed E-state index contributed by atoms with van der Waals surface area (Å²) in [4.78, 5) is 31.1. The Hall–Kier alpha value is -3.09. The summed E-state index contributed by atoms with van der Waals surface area (Å²) in [5.41, 5.74) is 0.979. The number of thioether (sulfide) groups is 1. The van der Waals surface area contributed by atoms with Crippen LogP contribution in [0.25, 0.3) is 0 Å². The summed E-state index contributed by atoms with van der Waals surface area (Å²) >= 11 is 1.68. The van der Waals surface area contributed by atoms with E-state index in [2.05, 4.69) is 29.6 Å². The largest absolute Gasteiger partial charge is 0.425 e. The molecule has 1 amide bonds. The predicted molar refractivity (Wildman–Crippen MR) is 124 cm³/mol. The molecule has 0 aliphatic carbocycles. The van der Waals surface area contributed by atoms with Crippen LogP contribution in [0.4, 0.5) is 5.69 Å². The molecule has 1 fully saturated rings. The number of nitrogens with zero attached hydrogens (tertiary/aromatic N) is 1. The molecular weight excluding hydrogens is 420 g/mol. The molecule has 6 rings (SSSR count). The van der Waals surface area contributed by atoms with Crippen molar-refractivity contribution in [2.75, 3.05) is 25.2 Å². The summed E-state index contributed by atoms with van der Waals surface area (Å²) in [6, 6.07) is 23.5. The molecule has 5 nitrogen and oxygen atoms in total. The molecule has 3 aromatic carbocycles. The average molecular weight is 443 g/mol. The first kappa shape index (κ1) is 19.6. The first-order valence-electron chi connectivity index (χ1n) is 10.6. The van der Waals surface area contributed by atoms with Gasteiger partial charge in [0.2, 0.25) is 0 Å². The standard InChI is InChI=1S/C26H22N2O3S/c1-28-15-20(16-11-13-17(32-2)14-12-16)25(19-8-4-6-10-22(19)31-24(25)30)26(28)18-7-3-5-9-21(18)27-23(26)29/h3-14,20H,15H2,1-2H3,(H,27,29)/t20-,25+,26+/m0/s1. The molecule has 160 valence electrons. The Morgan fingerprint density at radius 2 is 1.66 bits per heavy atom. The van der Waals surface area contributed by atoms with Gasteiger partial charge in [-0.2, -0.15) is 0 Å². The summed E-state index contributed by atoms with van der Waals surface area (Å²) in [6.07, 6.45) is 2.04. The third-order valence-corrected chi connectivity index (χ3v) is 8.11. The van der Waals surface area contributed by atoms with Crippen molar-refractivity contribution in [3.05, 3.63) is 89.5 Å². The first-order chi connectivity index (χ1) is 15.5. The molecule has 2 spiro atoms. The normalized spacial score (nSPS) is 28.1. The fraction of sp³-hybridized carbons (Fsp3) is 0.231. The summed E-state index contributed by atoms with van der Waals surface area (Å²) < 4.78 is 5.89. The SMILES string of the molecule is CSc1ccc([C@@H]2CN(C)[C@]3(C(=O)Nc4ccccc43)[C@@]23C(=O)Oc2ccccc23)cc1. The highest BCUT2D eigenvalue weighted by Gasteiger charge is 2.77. The topological polar surface area (TPSA) is 58.6 Å². The Morgan fingerprint density at radius 1 is 0.969 bits per heavy atom. The Labute approximate surface area is 190 Å². The maximum atomic E-state index is 14.0. The minimum absolute atomic E-state index is 0.182. The van der Waals surface area contributed by atoms with Gasteiger partial charge >= 0.3 is 5.97 Å². The number of rotatable bonds is 2. The average Bonchev–Trinajstić information content (AvgIpc) is 3.39. The molecule has 0 unspecified atom stereocenters. The number of fused-ring (bicyclic) bond motifs is 5. The molecule has 0 radical (unpaired) electrons. The van der Waals surface area contributed by atoms with Crippen molar-refractivity contribution in [1.29, 1.82) is 0 Å². The van der Waals surface area contributed by atoms with Crippen molar-refractivity contribution in [2.24, 2.45) is 0 Å². The summed E-state index contributed by atoms with van der Waals surface area (Å²) in [7, 11) is 1.94. The zero-order valence-corrected chi connectivity index (χ0v) is 18.6. The molecular formula is C26H22N2O3S. The second-order valence-electron chi connectivity index (χ2n) is 8.61. The van der Waals surface area contributed by atoms with Crippen molar-refractivity contribution in [3.63, 3.8) is 0 Å². The minimum atomic E-state index is -1.20. The number of nitrogens with one attached hydrogen (secondary N) is 1. The molecule has 1 N–H and O–H groups in total. The van der Waals surface area contributed by atoms with Crippen LogP contribution in [0.3, 0.4) is 0 Å². The van der Waals surface area contributed by atoms with Gasteiger partial charge in [0.1, 0.15) is 16.7 Å². The van der Waals surface area contributed by atoms with Gasteiger partial charge in [-0.25, -0.2) is 0 Å². The summed E-state index contributed by atoms with van der Waals surface area (Å²) in [5.74, 6) is -0.265. The highest BCUT2D eigenvalue weighted by atomic mass is 32.2. The van der Waals surface area contributed by atoms with E-state index in [1.807, 2.05) is 66.7 Å². The van der Waals surface area contributed by atoms with Crippen molar-refractivity contribution < 1.29 is 14.3 Å². The van der Waals surface area contributed by atoms with Crippen molar-refractivity contribution >= 4 is 29.3 Å². The fourth-order valence-corrected chi connectivity index (χ4v) is 6.56. The number of para-hydroxylation sites is 2. The van der Waals surface area contributed by atoms with Crippen LogP contribution < -0.4 is 10.1 Å². The van der Waals surface area contributed by atoms with Crippen LogP contribution in [0.1, 0.15) is 22.6 Å². The van der Waals surface area contributed by atoms with E-state index in [0.29, 0.717) is 12.3 Å². The number of benzene rings is 3. The number of anilines is 1. The molecule has 0 bridgehead atoms. The summed E-state index contributed by atoms with van der Waals surface area (Å²) in [5, 5.41) is 3.06. The zero-order chi connectivity index (χ0) is 22.1. The van der Waals surface area contributed by atoms with Crippen LogP contribution in [0, 0.1) is 0 Å². The number of carbonyl (C=O) groups excluding carboxylic acids is 2. The molecule has 0 saturated carbocycles. The Balaban J connectivity index is 1.70. The van der Waals surface area contributed by atoms with Gasteiger partial charge in [-0.05, 0) is 43.1 Å². The van der Waals surface area contributed by atoms with Crippen molar-refractivity contribution in [3.8, 4) is 5.75 Å². The molecule has 1 saturated heterocycles. The number of ether oxygens (including phenoxy) is 1. The molecule has 3 aliphatic heterocycles.